The second-order valence-electron chi connectivity index (χ2n) is 5.65. The van der Waals surface area contributed by atoms with E-state index in [1.165, 1.54) is 12.1 Å². The van der Waals surface area contributed by atoms with E-state index in [1.54, 1.807) is 0 Å². The van der Waals surface area contributed by atoms with Crippen LogP contribution in [0.5, 0.6) is 0 Å². The minimum absolute atomic E-state index is 0.501. The lowest BCUT2D eigenvalue weighted by atomic mass is 9.85. The van der Waals surface area contributed by atoms with Gasteiger partial charge in [-0.05, 0) is 37.3 Å². The third-order valence-electron chi connectivity index (χ3n) is 4.21. The molecule has 1 aliphatic heterocycles. The maximum atomic E-state index is 6.26. The Balaban J connectivity index is 2.38. The minimum atomic E-state index is 0.501. The fourth-order valence-electron chi connectivity index (χ4n) is 3.05. The van der Waals surface area contributed by atoms with E-state index in [1.807, 2.05) is 12.1 Å². The fraction of sp³-hybridized carbons (Fsp3) is 0.600. The third kappa shape index (κ3) is 2.50. The Morgan fingerprint density at radius 3 is 2.72 bits per heavy atom. The summed E-state index contributed by atoms with van der Waals surface area (Å²) >= 11 is 6.26. The van der Waals surface area contributed by atoms with Gasteiger partial charge in [-0.25, -0.2) is 0 Å². The van der Waals surface area contributed by atoms with E-state index >= 15 is 0 Å². The molecule has 0 bridgehead atoms. The first-order valence-corrected chi connectivity index (χ1v) is 7.16. The summed E-state index contributed by atoms with van der Waals surface area (Å²) in [5.41, 5.74) is 8.16. The maximum Gasteiger partial charge on any atom is 0.0471 e. The largest absolute Gasteiger partial charge is 0.368 e. The van der Waals surface area contributed by atoms with Crippen LogP contribution in [0.2, 0.25) is 5.02 Å². The summed E-state index contributed by atoms with van der Waals surface area (Å²) in [6.07, 6.45) is 1.30. The number of hydrogen-bond donors (Lipinski definition) is 1. The topological polar surface area (TPSA) is 29.3 Å². The van der Waals surface area contributed by atoms with Gasteiger partial charge in [-0.15, -0.1) is 0 Å². The lowest BCUT2D eigenvalue weighted by molar-refractivity contribution is 0.296. The molecule has 2 N–H and O–H groups in total. The van der Waals surface area contributed by atoms with Gasteiger partial charge in [-0.1, -0.05) is 31.5 Å². The fourth-order valence-corrected chi connectivity index (χ4v) is 3.30. The molecule has 1 aromatic carbocycles. The normalized spacial score (nSPS) is 28.5. The third-order valence-corrected chi connectivity index (χ3v) is 4.56. The molecule has 0 amide bonds. The van der Waals surface area contributed by atoms with E-state index in [0.717, 1.165) is 23.0 Å². The SMILES string of the molecule is CC1CC(C)C(C)N(c2cccc(Cl)c2CN)C1. The highest BCUT2D eigenvalue weighted by Crippen LogP contribution is 2.35. The van der Waals surface area contributed by atoms with Gasteiger partial charge in [0.15, 0.2) is 0 Å². The highest BCUT2D eigenvalue weighted by molar-refractivity contribution is 6.31. The van der Waals surface area contributed by atoms with Crippen molar-refractivity contribution in [2.24, 2.45) is 17.6 Å². The molecule has 1 fully saturated rings. The number of benzene rings is 1. The maximum absolute atomic E-state index is 6.26. The first kappa shape index (κ1) is 13.7. The lowest BCUT2D eigenvalue weighted by Gasteiger charge is -2.43. The summed E-state index contributed by atoms with van der Waals surface area (Å²) in [5.74, 6) is 1.43. The van der Waals surface area contributed by atoms with Gasteiger partial charge in [-0.2, -0.15) is 0 Å². The van der Waals surface area contributed by atoms with Crippen molar-refractivity contribution >= 4 is 17.3 Å². The van der Waals surface area contributed by atoms with Crippen LogP contribution in [0.1, 0.15) is 32.8 Å². The van der Waals surface area contributed by atoms with Crippen molar-refractivity contribution in [1.29, 1.82) is 0 Å². The number of rotatable bonds is 2. The van der Waals surface area contributed by atoms with E-state index in [-0.39, 0.29) is 0 Å². The van der Waals surface area contributed by atoms with Crippen molar-refractivity contribution in [1.82, 2.24) is 0 Å². The van der Waals surface area contributed by atoms with Crippen LogP contribution in [0.4, 0.5) is 5.69 Å². The molecule has 0 aromatic heterocycles. The standard InChI is InChI=1S/C15H23ClN2/c1-10-7-11(2)12(3)18(9-10)15-6-4-5-14(16)13(15)8-17/h4-6,10-12H,7-9,17H2,1-3H3. The van der Waals surface area contributed by atoms with Crippen LogP contribution in [-0.2, 0) is 6.54 Å². The van der Waals surface area contributed by atoms with Crippen molar-refractivity contribution in [3.8, 4) is 0 Å². The average Bonchev–Trinajstić information content (AvgIpc) is 2.33. The van der Waals surface area contributed by atoms with Gasteiger partial charge >= 0.3 is 0 Å². The highest BCUT2D eigenvalue weighted by Gasteiger charge is 2.30. The first-order chi connectivity index (χ1) is 8.54. The number of nitrogens with zero attached hydrogens (tertiary/aromatic N) is 1. The second-order valence-corrected chi connectivity index (χ2v) is 6.06. The molecule has 2 rings (SSSR count). The number of nitrogens with two attached hydrogens (primary N) is 1. The molecule has 18 heavy (non-hydrogen) atoms. The Hall–Kier alpha value is -0.730. The smallest absolute Gasteiger partial charge is 0.0471 e. The van der Waals surface area contributed by atoms with Gasteiger partial charge < -0.3 is 10.6 Å². The molecule has 0 aliphatic carbocycles. The Morgan fingerprint density at radius 1 is 1.33 bits per heavy atom. The molecule has 100 valence electrons. The van der Waals surface area contributed by atoms with Crippen LogP contribution in [0.3, 0.4) is 0 Å². The highest BCUT2D eigenvalue weighted by atomic mass is 35.5. The van der Waals surface area contributed by atoms with E-state index in [4.69, 9.17) is 17.3 Å². The molecule has 3 heteroatoms. The molecule has 1 aromatic rings. The Morgan fingerprint density at radius 2 is 2.06 bits per heavy atom. The van der Waals surface area contributed by atoms with Crippen molar-refractivity contribution in [2.45, 2.75) is 39.8 Å². The van der Waals surface area contributed by atoms with Crippen molar-refractivity contribution in [3.63, 3.8) is 0 Å². The molecule has 0 spiro atoms. The van der Waals surface area contributed by atoms with Crippen LogP contribution < -0.4 is 10.6 Å². The molecule has 0 saturated carbocycles. The monoisotopic (exact) mass is 266 g/mol. The van der Waals surface area contributed by atoms with Gasteiger partial charge in [0.2, 0.25) is 0 Å². The van der Waals surface area contributed by atoms with E-state index in [9.17, 15) is 0 Å². The van der Waals surface area contributed by atoms with Crippen LogP contribution in [0.25, 0.3) is 0 Å². The zero-order chi connectivity index (χ0) is 13.3. The molecule has 1 heterocycles. The molecule has 3 unspecified atom stereocenters. The van der Waals surface area contributed by atoms with Gasteiger partial charge in [0.05, 0.1) is 0 Å². The zero-order valence-corrected chi connectivity index (χ0v) is 12.2. The Labute approximate surface area is 115 Å². The summed E-state index contributed by atoms with van der Waals surface area (Å²) in [7, 11) is 0. The summed E-state index contributed by atoms with van der Waals surface area (Å²) in [4.78, 5) is 2.48. The summed E-state index contributed by atoms with van der Waals surface area (Å²) < 4.78 is 0. The molecular formula is C15H23ClN2. The lowest BCUT2D eigenvalue weighted by Crippen LogP contribution is -2.46. The quantitative estimate of drug-likeness (QED) is 0.885. The van der Waals surface area contributed by atoms with E-state index in [2.05, 4.69) is 31.7 Å². The molecule has 1 saturated heterocycles. The Kier molecular flexibility index (Phi) is 4.18. The zero-order valence-electron chi connectivity index (χ0n) is 11.5. The van der Waals surface area contributed by atoms with Crippen molar-refractivity contribution in [2.75, 3.05) is 11.4 Å². The van der Waals surface area contributed by atoms with Gasteiger partial charge in [0.25, 0.3) is 0 Å². The number of anilines is 1. The minimum Gasteiger partial charge on any atom is -0.368 e. The number of piperidine rings is 1. The van der Waals surface area contributed by atoms with Crippen LogP contribution in [-0.4, -0.2) is 12.6 Å². The van der Waals surface area contributed by atoms with Crippen LogP contribution >= 0.6 is 11.6 Å². The van der Waals surface area contributed by atoms with E-state index < -0.39 is 0 Å². The predicted octanol–water partition coefficient (Wildman–Crippen LogP) is 3.67. The van der Waals surface area contributed by atoms with Gasteiger partial charge in [0.1, 0.15) is 0 Å². The summed E-state index contributed by atoms with van der Waals surface area (Å²) in [6.45, 7) is 8.56. The Bertz CT molecular complexity index is 419. The van der Waals surface area contributed by atoms with Gasteiger partial charge in [-0.3, -0.25) is 0 Å². The van der Waals surface area contributed by atoms with Crippen molar-refractivity contribution in [3.05, 3.63) is 28.8 Å². The molecule has 0 radical (unpaired) electrons. The first-order valence-electron chi connectivity index (χ1n) is 6.78. The van der Waals surface area contributed by atoms with Crippen LogP contribution in [0, 0.1) is 11.8 Å². The summed E-state index contributed by atoms with van der Waals surface area (Å²) in [6, 6.07) is 6.64. The number of halogens is 1. The molecular weight excluding hydrogens is 244 g/mol. The van der Waals surface area contributed by atoms with Crippen LogP contribution in [0.15, 0.2) is 18.2 Å². The number of hydrogen-bond acceptors (Lipinski definition) is 2. The van der Waals surface area contributed by atoms with Gasteiger partial charge in [0, 0.05) is 35.4 Å². The predicted molar refractivity (Wildman–Crippen MR) is 79.1 cm³/mol. The molecule has 3 atom stereocenters. The second kappa shape index (κ2) is 5.50. The van der Waals surface area contributed by atoms with Crippen molar-refractivity contribution < 1.29 is 0 Å². The van der Waals surface area contributed by atoms with E-state index in [0.29, 0.717) is 18.5 Å². The average molecular weight is 267 g/mol. The molecule has 1 aliphatic rings. The summed E-state index contributed by atoms with van der Waals surface area (Å²) in [5, 5.41) is 0.785. The molecule has 2 nitrogen and oxygen atoms in total.